The number of carbonyl (C=O) groups is 1. The van der Waals surface area contributed by atoms with Gasteiger partial charge >= 0.3 is 5.97 Å². The van der Waals surface area contributed by atoms with Gasteiger partial charge in [-0.05, 0) is 35.4 Å². The van der Waals surface area contributed by atoms with Crippen LogP contribution in [-0.2, 0) is 4.74 Å². The number of benzene rings is 2. The lowest BCUT2D eigenvalue weighted by Gasteiger charge is -2.02. The number of aromatic nitrogens is 1. The summed E-state index contributed by atoms with van der Waals surface area (Å²) >= 11 is 0. The molecule has 2 heterocycles. The van der Waals surface area contributed by atoms with Crippen LogP contribution in [0, 0.1) is 0 Å². The van der Waals surface area contributed by atoms with E-state index < -0.39 is 5.97 Å². The van der Waals surface area contributed by atoms with Gasteiger partial charge in [0.15, 0.2) is 5.58 Å². The molecule has 0 bridgehead atoms. The van der Waals surface area contributed by atoms with Crippen molar-refractivity contribution in [2.45, 2.75) is 6.92 Å². The van der Waals surface area contributed by atoms with Gasteiger partial charge in [0, 0.05) is 17.1 Å². The summed E-state index contributed by atoms with van der Waals surface area (Å²) < 4.78 is 10.8. The highest BCUT2D eigenvalue weighted by molar-refractivity contribution is 6.03. The number of nitrogens with zero attached hydrogens (tertiary/aromatic N) is 1. The predicted octanol–water partition coefficient (Wildman–Crippen LogP) is 5.33. The first-order valence-corrected chi connectivity index (χ1v) is 8.47. The molecule has 2 aromatic carbocycles. The van der Waals surface area contributed by atoms with Crippen LogP contribution in [-0.4, -0.2) is 17.6 Å². The van der Waals surface area contributed by atoms with Gasteiger partial charge in [-0.25, -0.2) is 4.79 Å². The quantitative estimate of drug-likeness (QED) is 0.470. The van der Waals surface area contributed by atoms with Crippen LogP contribution >= 0.6 is 0 Å². The zero-order valence-corrected chi connectivity index (χ0v) is 14.3. The second-order valence-corrected chi connectivity index (χ2v) is 5.84. The molecule has 4 aromatic rings. The van der Waals surface area contributed by atoms with E-state index in [0.29, 0.717) is 17.8 Å². The molecular weight excluding hydrogens is 326 g/mol. The summed E-state index contributed by atoms with van der Waals surface area (Å²) in [6.07, 6.45) is 7.19. The van der Waals surface area contributed by atoms with Crippen molar-refractivity contribution < 1.29 is 13.9 Å². The van der Waals surface area contributed by atoms with E-state index in [2.05, 4.69) is 23.2 Å². The summed E-state index contributed by atoms with van der Waals surface area (Å²) in [4.78, 5) is 16.4. The van der Waals surface area contributed by atoms with Crippen molar-refractivity contribution in [1.82, 2.24) is 4.98 Å². The van der Waals surface area contributed by atoms with E-state index in [4.69, 9.17) is 9.15 Å². The zero-order chi connectivity index (χ0) is 17.9. The first-order chi connectivity index (χ1) is 12.8. The van der Waals surface area contributed by atoms with E-state index in [1.807, 2.05) is 42.5 Å². The third kappa shape index (κ3) is 2.86. The van der Waals surface area contributed by atoms with Crippen LogP contribution in [0.4, 0.5) is 0 Å². The standard InChI is InChI=1S/C22H17NO3/c1-2-25-22(24)21-19(18-12-13-23-14-20(18)26-21)11-10-16-8-5-7-15-6-3-4-9-17(15)16/h3-14H,2H2,1H3/b11-10-. The number of pyridine rings is 1. The normalized spacial score (nSPS) is 11.4. The second-order valence-electron chi connectivity index (χ2n) is 5.84. The molecule has 0 spiro atoms. The Bertz CT molecular complexity index is 1120. The van der Waals surface area contributed by atoms with Gasteiger partial charge in [-0.3, -0.25) is 4.98 Å². The van der Waals surface area contributed by atoms with Gasteiger partial charge in [0.05, 0.1) is 12.8 Å². The van der Waals surface area contributed by atoms with Crippen molar-refractivity contribution in [3.05, 3.63) is 77.8 Å². The minimum absolute atomic E-state index is 0.200. The molecule has 0 aliphatic rings. The van der Waals surface area contributed by atoms with Crippen LogP contribution in [0.3, 0.4) is 0 Å². The number of furan rings is 1. The summed E-state index contributed by atoms with van der Waals surface area (Å²) in [7, 11) is 0. The largest absolute Gasteiger partial charge is 0.460 e. The highest BCUT2D eigenvalue weighted by Crippen LogP contribution is 2.29. The average Bonchev–Trinajstić information content (AvgIpc) is 3.05. The predicted molar refractivity (Wildman–Crippen MR) is 103 cm³/mol. The first kappa shape index (κ1) is 16.1. The van der Waals surface area contributed by atoms with Crippen LogP contribution in [0.15, 0.2) is 65.3 Å². The number of hydrogen-bond acceptors (Lipinski definition) is 4. The molecule has 0 N–H and O–H groups in total. The van der Waals surface area contributed by atoms with Gasteiger partial charge in [-0.2, -0.15) is 0 Å². The van der Waals surface area contributed by atoms with Crippen molar-refractivity contribution in [1.29, 1.82) is 0 Å². The molecule has 4 heteroatoms. The highest BCUT2D eigenvalue weighted by Gasteiger charge is 2.20. The molecule has 0 amide bonds. The van der Waals surface area contributed by atoms with E-state index in [1.165, 1.54) is 5.39 Å². The Morgan fingerprint density at radius 3 is 2.81 bits per heavy atom. The molecule has 0 saturated carbocycles. The summed E-state index contributed by atoms with van der Waals surface area (Å²) in [5, 5.41) is 3.15. The summed E-state index contributed by atoms with van der Waals surface area (Å²) in [5.41, 5.74) is 2.34. The van der Waals surface area contributed by atoms with Crippen molar-refractivity contribution in [3.8, 4) is 0 Å². The maximum Gasteiger partial charge on any atom is 0.374 e. The molecule has 26 heavy (non-hydrogen) atoms. The molecule has 4 nitrogen and oxygen atoms in total. The summed E-state index contributed by atoms with van der Waals surface area (Å²) in [6, 6.07) is 16.2. The number of hydrogen-bond donors (Lipinski definition) is 0. The smallest absolute Gasteiger partial charge is 0.374 e. The lowest BCUT2D eigenvalue weighted by Crippen LogP contribution is -2.04. The Kier molecular flexibility index (Phi) is 4.23. The minimum atomic E-state index is -0.471. The fourth-order valence-corrected chi connectivity index (χ4v) is 3.05. The van der Waals surface area contributed by atoms with Gasteiger partial charge in [0.25, 0.3) is 0 Å². The SMILES string of the molecule is CCOC(=O)c1oc2cnccc2c1/C=C\c1cccc2ccccc12. The second kappa shape index (κ2) is 6.84. The van der Waals surface area contributed by atoms with Crippen LogP contribution in [0.5, 0.6) is 0 Å². The van der Waals surface area contributed by atoms with Gasteiger partial charge < -0.3 is 9.15 Å². The molecule has 2 aromatic heterocycles. The topological polar surface area (TPSA) is 52.3 Å². The Hall–Kier alpha value is -3.40. The van der Waals surface area contributed by atoms with Gasteiger partial charge in [0.2, 0.25) is 5.76 Å². The van der Waals surface area contributed by atoms with Crippen LogP contribution in [0.1, 0.15) is 28.6 Å². The first-order valence-electron chi connectivity index (χ1n) is 8.47. The third-order valence-corrected chi connectivity index (χ3v) is 4.25. The Balaban J connectivity index is 1.84. The number of ether oxygens (including phenoxy) is 1. The Morgan fingerprint density at radius 1 is 1.08 bits per heavy atom. The van der Waals surface area contributed by atoms with Crippen molar-refractivity contribution >= 4 is 39.9 Å². The molecule has 0 radical (unpaired) electrons. The number of rotatable bonds is 4. The lowest BCUT2D eigenvalue weighted by molar-refractivity contribution is 0.0492. The number of carbonyl (C=O) groups excluding carboxylic acids is 1. The number of fused-ring (bicyclic) bond motifs is 2. The summed E-state index contributed by atoms with van der Waals surface area (Å²) in [5.74, 6) is -0.271. The highest BCUT2D eigenvalue weighted by atomic mass is 16.5. The van der Waals surface area contributed by atoms with E-state index in [9.17, 15) is 4.79 Å². The fraction of sp³-hybridized carbons (Fsp3) is 0.0909. The fourth-order valence-electron chi connectivity index (χ4n) is 3.05. The summed E-state index contributed by atoms with van der Waals surface area (Å²) in [6.45, 7) is 2.06. The molecule has 0 fully saturated rings. The maximum absolute atomic E-state index is 12.3. The molecular formula is C22H17NO3. The molecule has 128 valence electrons. The molecule has 0 atom stereocenters. The van der Waals surface area contributed by atoms with E-state index in [-0.39, 0.29) is 5.76 Å². The van der Waals surface area contributed by atoms with E-state index in [1.54, 1.807) is 19.3 Å². The van der Waals surface area contributed by atoms with Crippen LogP contribution < -0.4 is 0 Å². The number of esters is 1. The minimum Gasteiger partial charge on any atom is -0.460 e. The molecule has 0 saturated heterocycles. The monoisotopic (exact) mass is 343 g/mol. The Morgan fingerprint density at radius 2 is 1.92 bits per heavy atom. The van der Waals surface area contributed by atoms with Gasteiger partial charge in [-0.1, -0.05) is 48.5 Å². The van der Waals surface area contributed by atoms with E-state index in [0.717, 1.165) is 16.3 Å². The van der Waals surface area contributed by atoms with E-state index >= 15 is 0 Å². The average molecular weight is 343 g/mol. The Labute approximate surface area is 150 Å². The lowest BCUT2D eigenvalue weighted by atomic mass is 10.0. The van der Waals surface area contributed by atoms with Gasteiger partial charge in [0.1, 0.15) is 0 Å². The third-order valence-electron chi connectivity index (χ3n) is 4.25. The van der Waals surface area contributed by atoms with Crippen molar-refractivity contribution in [2.24, 2.45) is 0 Å². The molecule has 4 rings (SSSR count). The maximum atomic E-state index is 12.3. The zero-order valence-electron chi connectivity index (χ0n) is 14.3. The van der Waals surface area contributed by atoms with Gasteiger partial charge in [-0.15, -0.1) is 0 Å². The molecule has 0 aliphatic carbocycles. The molecule has 0 unspecified atom stereocenters. The van der Waals surface area contributed by atoms with Crippen LogP contribution in [0.2, 0.25) is 0 Å². The van der Waals surface area contributed by atoms with Crippen molar-refractivity contribution in [3.63, 3.8) is 0 Å². The van der Waals surface area contributed by atoms with Crippen molar-refractivity contribution in [2.75, 3.05) is 6.61 Å². The molecule has 0 aliphatic heterocycles. The van der Waals surface area contributed by atoms with Crippen LogP contribution in [0.25, 0.3) is 33.9 Å².